The molecule has 1 aromatic heterocycles. The predicted octanol–water partition coefficient (Wildman–Crippen LogP) is 5.70. The first-order chi connectivity index (χ1) is 15.6. The predicted molar refractivity (Wildman–Crippen MR) is 129 cm³/mol. The lowest BCUT2D eigenvalue weighted by Crippen LogP contribution is -2.15. The molecule has 1 amide bonds. The van der Waals surface area contributed by atoms with E-state index in [1.54, 1.807) is 32.4 Å². The topological polar surface area (TPSA) is 73.3 Å². The molecule has 0 bridgehead atoms. The van der Waals surface area contributed by atoms with Crippen LogP contribution in [0.15, 0.2) is 71.8 Å². The van der Waals surface area contributed by atoms with Gasteiger partial charge in [-0.05, 0) is 24.3 Å². The van der Waals surface area contributed by atoms with E-state index in [1.165, 1.54) is 11.8 Å². The van der Waals surface area contributed by atoms with Gasteiger partial charge in [0.05, 0.1) is 25.7 Å². The van der Waals surface area contributed by atoms with Gasteiger partial charge in [-0.15, -0.1) is 10.2 Å². The molecule has 4 rings (SSSR count). The fourth-order valence-electron chi connectivity index (χ4n) is 3.23. The molecule has 0 aliphatic heterocycles. The second kappa shape index (κ2) is 9.89. The SMILES string of the molecule is COc1ccc(NC(=O)CSc2nnc(-c3ccc(Cl)cc3)c3ccccc23)c(OC)c1. The maximum atomic E-state index is 12.6. The van der Waals surface area contributed by atoms with E-state index >= 15 is 0 Å². The number of thioether (sulfide) groups is 1. The first-order valence-corrected chi connectivity index (χ1v) is 11.1. The molecule has 0 aliphatic carbocycles. The number of amides is 1. The third-order valence-electron chi connectivity index (χ3n) is 4.79. The average molecular weight is 466 g/mol. The summed E-state index contributed by atoms with van der Waals surface area (Å²) in [6, 6.07) is 20.6. The number of fused-ring (bicyclic) bond motifs is 1. The van der Waals surface area contributed by atoms with Gasteiger partial charge in [0.15, 0.2) is 0 Å². The molecule has 1 heterocycles. The Morgan fingerprint density at radius 1 is 0.969 bits per heavy atom. The maximum absolute atomic E-state index is 12.6. The molecule has 8 heteroatoms. The maximum Gasteiger partial charge on any atom is 0.234 e. The monoisotopic (exact) mass is 465 g/mol. The number of hydrogen-bond acceptors (Lipinski definition) is 6. The number of nitrogens with zero attached hydrogens (tertiary/aromatic N) is 2. The number of benzene rings is 3. The summed E-state index contributed by atoms with van der Waals surface area (Å²) in [6.07, 6.45) is 0. The normalized spacial score (nSPS) is 10.7. The van der Waals surface area contributed by atoms with Crippen LogP contribution >= 0.6 is 23.4 Å². The summed E-state index contributed by atoms with van der Waals surface area (Å²) in [5, 5.41) is 15.0. The van der Waals surface area contributed by atoms with Crippen LogP contribution in [0.5, 0.6) is 11.5 Å². The summed E-state index contributed by atoms with van der Waals surface area (Å²) in [6.45, 7) is 0. The number of halogens is 1. The Kier molecular flexibility index (Phi) is 6.78. The number of rotatable bonds is 7. The van der Waals surface area contributed by atoms with Gasteiger partial charge in [0.25, 0.3) is 0 Å². The lowest BCUT2D eigenvalue weighted by atomic mass is 10.1. The lowest BCUT2D eigenvalue weighted by Gasteiger charge is -2.12. The van der Waals surface area contributed by atoms with Crippen molar-refractivity contribution in [3.63, 3.8) is 0 Å². The van der Waals surface area contributed by atoms with Gasteiger partial charge in [-0.25, -0.2) is 0 Å². The van der Waals surface area contributed by atoms with Crippen LogP contribution in [-0.4, -0.2) is 36.1 Å². The first-order valence-electron chi connectivity index (χ1n) is 9.75. The molecule has 0 radical (unpaired) electrons. The number of methoxy groups -OCH3 is 2. The highest BCUT2D eigenvalue weighted by Crippen LogP contribution is 2.33. The van der Waals surface area contributed by atoms with Crippen LogP contribution in [0.1, 0.15) is 0 Å². The van der Waals surface area contributed by atoms with E-state index in [4.69, 9.17) is 21.1 Å². The summed E-state index contributed by atoms with van der Waals surface area (Å²) in [4.78, 5) is 12.6. The zero-order chi connectivity index (χ0) is 22.5. The van der Waals surface area contributed by atoms with Gasteiger partial charge < -0.3 is 14.8 Å². The zero-order valence-corrected chi connectivity index (χ0v) is 19.0. The van der Waals surface area contributed by atoms with Crippen molar-refractivity contribution in [1.82, 2.24) is 10.2 Å². The molecule has 0 saturated carbocycles. The number of carbonyl (C=O) groups is 1. The number of anilines is 1. The van der Waals surface area contributed by atoms with Crippen LogP contribution in [0.4, 0.5) is 5.69 Å². The van der Waals surface area contributed by atoms with Gasteiger partial charge in [0, 0.05) is 27.4 Å². The molecule has 1 N–H and O–H groups in total. The molecule has 4 aromatic rings. The standard InChI is InChI=1S/C24H20ClN3O3S/c1-30-17-11-12-20(21(13-17)31-2)26-22(29)14-32-24-19-6-4-3-5-18(19)23(27-28-24)15-7-9-16(25)10-8-15/h3-13H,14H2,1-2H3,(H,26,29). The van der Waals surface area contributed by atoms with E-state index in [-0.39, 0.29) is 11.7 Å². The zero-order valence-electron chi connectivity index (χ0n) is 17.5. The summed E-state index contributed by atoms with van der Waals surface area (Å²) in [5.41, 5.74) is 2.28. The van der Waals surface area contributed by atoms with Crippen molar-refractivity contribution in [3.05, 3.63) is 71.8 Å². The van der Waals surface area contributed by atoms with Gasteiger partial charge in [0.1, 0.15) is 22.2 Å². The van der Waals surface area contributed by atoms with Crippen LogP contribution in [0.3, 0.4) is 0 Å². The smallest absolute Gasteiger partial charge is 0.234 e. The Morgan fingerprint density at radius 3 is 2.44 bits per heavy atom. The second-order valence-corrected chi connectivity index (χ2v) is 8.21. The van der Waals surface area contributed by atoms with E-state index in [9.17, 15) is 4.79 Å². The van der Waals surface area contributed by atoms with Crippen LogP contribution in [-0.2, 0) is 4.79 Å². The number of nitrogens with one attached hydrogen (secondary N) is 1. The molecule has 0 spiro atoms. The van der Waals surface area contributed by atoms with E-state index in [0.29, 0.717) is 27.2 Å². The molecule has 0 unspecified atom stereocenters. The van der Waals surface area contributed by atoms with Gasteiger partial charge >= 0.3 is 0 Å². The van der Waals surface area contributed by atoms with Crippen LogP contribution < -0.4 is 14.8 Å². The van der Waals surface area contributed by atoms with E-state index in [2.05, 4.69) is 15.5 Å². The Bertz CT molecular complexity index is 1270. The van der Waals surface area contributed by atoms with Crippen molar-refractivity contribution < 1.29 is 14.3 Å². The summed E-state index contributed by atoms with van der Waals surface area (Å²) in [7, 11) is 3.12. The molecule has 0 saturated heterocycles. The fraction of sp³-hybridized carbons (Fsp3) is 0.125. The van der Waals surface area contributed by atoms with Crippen LogP contribution in [0, 0.1) is 0 Å². The molecule has 6 nitrogen and oxygen atoms in total. The lowest BCUT2D eigenvalue weighted by molar-refractivity contribution is -0.113. The van der Waals surface area contributed by atoms with Gasteiger partial charge in [0.2, 0.25) is 5.91 Å². The highest BCUT2D eigenvalue weighted by Gasteiger charge is 2.14. The summed E-state index contributed by atoms with van der Waals surface area (Å²) in [5.74, 6) is 1.18. The minimum Gasteiger partial charge on any atom is -0.497 e. The number of carbonyl (C=O) groups excluding carboxylic acids is 1. The Balaban J connectivity index is 1.53. The van der Waals surface area contributed by atoms with Crippen molar-refractivity contribution >= 4 is 45.7 Å². The Labute approximate surface area is 194 Å². The molecule has 0 aliphatic rings. The van der Waals surface area contributed by atoms with Crippen molar-refractivity contribution in [1.29, 1.82) is 0 Å². The number of aromatic nitrogens is 2. The molecule has 0 atom stereocenters. The van der Waals surface area contributed by atoms with Crippen LogP contribution in [0.25, 0.3) is 22.0 Å². The van der Waals surface area contributed by atoms with Gasteiger partial charge in [-0.1, -0.05) is 59.8 Å². The quantitative estimate of drug-likeness (QED) is 0.353. The summed E-state index contributed by atoms with van der Waals surface area (Å²) < 4.78 is 10.5. The van der Waals surface area contributed by atoms with Crippen molar-refractivity contribution in [2.75, 3.05) is 25.3 Å². The van der Waals surface area contributed by atoms with E-state index in [1.807, 2.05) is 48.5 Å². The minimum absolute atomic E-state index is 0.175. The fourth-order valence-corrected chi connectivity index (χ4v) is 4.13. The van der Waals surface area contributed by atoms with Gasteiger partial charge in [-0.2, -0.15) is 0 Å². The van der Waals surface area contributed by atoms with Gasteiger partial charge in [-0.3, -0.25) is 4.79 Å². The summed E-state index contributed by atoms with van der Waals surface area (Å²) >= 11 is 7.35. The first kappa shape index (κ1) is 21.9. The average Bonchev–Trinajstić information content (AvgIpc) is 2.83. The highest BCUT2D eigenvalue weighted by atomic mass is 35.5. The molecule has 162 valence electrons. The minimum atomic E-state index is -0.175. The van der Waals surface area contributed by atoms with Crippen LogP contribution in [0.2, 0.25) is 5.02 Å². The van der Waals surface area contributed by atoms with E-state index in [0.717, 1.165) is 22.0 Å². The van der Waals surface area contributed by atoms with Crippen molar-refractivity contribution in [2.24, 2.45) is 0 Å². The molecule has 3 aromatic carbocycles. The van der Waals surface area contributed by atoms with Crippen molar-refractivity contribution in [3.8, 4) is 22.8 Å². The number of ether oxygens (including phenoxy) is 2. The second-order valence-electron chi connectivity index (χ2n) is 6.81. The third kappa shape index (κ3) is 4.79. The largest absolute Gasteiger partial charge is 0.497 e. The Morgan fingerprint density at radius 2 is 1.72 bits per heavy atom. The van der Waals surface area contributed by atoms with E-state index < -0.39 is 0 Å². The molecule has 32 heavy (non-hydrogen) atoms. The van der Waals surface area contributed by atoms with Crippen molar-refractivity contribution in [2.45, 2.75) is 5.03 Å². The number of hydrogen-bond donors (Lipinski definition) is 1. The highest BCUT2D eigenvalue weighted by molar-refractivity contribution is 8.00. The Hall–Kier alpha value is -3.29. The molecule has 0 fully saturated rings. The third-order valence-corrected chi connectivity index (χ3v) is 6.03. The molecular weight excluding hydrogens is 446 g/mol. The molecular formula is C24H20ClN3O3S.